The van der Waals surface area contributed by atoms with Gasteiger partial charge in [-0.05, 0) is 62.7 Å². The molecule has 0 saturated heterocycles. The average Bonchev–Trinajstić information content (AvgIpc) is 3.23. The summed E-state index contributed by atoms with van der Waals surface area (Å²) in [5.41, 5.74) is 6.02. The Balaban J connectivity index is 1.61. The molecule has 0 aliphatic carbocycles. The van der Waals surface area contributed by atoms with Crippen LogP contribution in [-0.2, 0) is 4.79 Å². The van der Waals surface area contributed by atoms with E-state index in [0.29, 0.717) is 5.16 Å². The lowest BCUT2D eigenvalue weighted by atomic mass is 10.1. The first-order chi connectivity index (χ1) is 15.9. The van der Waals surface area contributed by atoms with E-state index in [2.05, 4.69) is 27.6 Å². The lowest BCUT2D eigenvalue weighted by Gasteiger charge is -2.12. The standard InChI is InChI=1S/C26H26N4O2S/c1-17-6-5-7-20(15-17)25-28-29-26(30(25)21-9-11-22(32-4)12-10-21)33-16-24(31)27-23-13-8-18(2)14-19(23)3/h5-15H,16H2,1-4H3,(H,27,31). The topological polar surface area (TPSA) is 69.0 Å². The number of benzene rings is 3. The fourth-order valence-electron chi connectivity index (χ4n) is 3.57. The van der Waals surface area contributed by atoms with Crippen molar-refractivity contribution in [3.8, 4) is 22.8 Å². The number of methoxy groups -OCH3 is 1. The van der Waals surface area contributed by atoms with Crippen LogP contribution in [0, 0.1) is 20.8 Å². The molecule has 0 bridgehead atoms. The van der Waals surface area contributed by atoms with Gasteiger partial charge in [0.2, 0.25) is 5.91 Å². The van der Waals surface area contributed by atoms with Gasteiger partial charge in [-0.15, -0.1) is 10.2 Å². The molecule has 3 aromatic carbocycles. The number of anilines is 1. The molecule has 0 radical (unpaired) electrons. The van der Waals surface area contributed by atoms with E-state index in [1.54, 1.807) is 7.11 Å². The van der Waals surface area contributed by atoms with Crippen molar-refractivity contribution in [2.24, 2.45) is 0 Å². The molecule has 4 rings (SSSR count). The minimum Gasteiger partial charge on any atom is -0.497 e. The Hall–Kier alpha value is -3.58. The molecule has 0 spiro atoms. The van der Waals surface area contributed by atoms with Crippen LogP contribution in [-0.4, -0.2) is 33.5 Å². The van der Waals surface area contributed by atoms with E-state index in [-0.39, 0.29) is 11.7 Å². The second kappa shape index (κ2) is 9.92. The molecule has 1 heterocycles. The summed E-state index contributed by atoms with van der Waals surface area (Å²) in [4.78, 5) is 12.7. The molecule has 7 heteroatoms. The largest absolute Gasteiger partial charge is 0.497 e. The third-order valence-electron chi connectivity index (χ3n) is 5.23. The third-order valence-corrected chi connectivity index (χ3v) is 6.16. The van der Waals surface area contributed by atoms with Crippen LogP contribution in [0.25, 0.3) is 17.1 Å². The number of aryl methyl sites for hydroxylation is 3. The van der Waals surface area contributed by atoms with E-state index < -0.39 is 0 Å². The van der Waals surface area contributed by atoms with Gasteiger partial charge in [-0.2, -0.15) is 0 Å². The van der Waals surface area contributed by atoms with Crippen LogP contribution in [0.5, 0.6) is 5.75 Å². The summed E-state index contributed by atoms with van der Waals surface area (Å²) >= 11 is 1.35. The van der Waals surface area contributed by atoms with Crippen molar-refractivity contribution in [1.29, 1.82) is 0 Å². The number of carbonyl (C=O) groups excluding carboxylic acids is 1. The molecule has 33 heavy (non-hydrogen) atoms. The van der Waals surface area contributed by atoms with Crippen LogP contribution in [0.15, 0.2) is 71.9 Å². The van der Waals surface area contributed by atoms with E-state index in [4.69, 9.17) is 4.74 Å². The maximum absolute atomic E-state index is 12.7. The number of hydrogen-bond acceptors (Lipinski definition) is 5. The van der Waals surface area contributed by atoms with Crippen molar-refractivity contribution in [3.63, 3.8) is 0 Å². The average molecular weight is 459 g/mol. The summed E-state index contributed by atoms with van der Waals surface area (Å²) in [5, 5.41) is 12.5. The zero-order chi connectivity index (χ0) is 23.4. The van der Waals surface area contributed by atoms with Gasteiger partial charge in [0.25, 0.3) is 0 Å². The molecule has 0 aliphatic rings. The van der Waals surface area contributed by atoms with Crippen molar-refractivity contribution in [2.45, 2.75) is 25.9 Å². The smallest absolute Gasteiger partial charge is 0.234 e. The van der Waals surface area contributed by atoms with E-state index in [9.17, 15) is 4.79 Å². The van der Waals surface area contributed by atoms with Crippen LogP contribution in [0.3, 0.4) is 0 Å². The monoisotopic (exact) mass is 458 g/mol. The van der Waals surface area contributed by atoms with Crippen LogP contribution in [0.2, 0.25) is 0 Å². The Morgan fingerprint density at radius 2 is 1.73 bits per heavy atom. The summed E-state index contributed by atoms with van der Waals surface area (Å²) in [6.45, 7) is 6.07. The number of ether oxygens (including phenoxy) is 1. The maximum Gasteiger partial charge on any atom is 0.234 e. The number of hydrogen-bond donors (Lipinski definition) is 1. The van der Waals surface area contributed by atoms with Crippen LogP contribution in [0.4, 0.5) is 5.69 Å². The summed E-state index contributed by atoms with van der Waals surface area (Å²) in [6.07, 6.45) is 0. The molecule has 1 aromatic heterocycles. The maximum atomic E-state index is 12.7. The molecule has 6 nitrogen and oxygen atoms in total. The van der Waals surface area contributed by atoms with E-state index >= 15 is 0 Å². The van der Waals surface area contributed by atoms with E-state index in [1.807, 2.05) is 79.9 Å². The molecule has 1 amide bonds. The number of thioether (sulfide) groups is 1. The van der Waals surface area contributed by atoms with E-state index in [0.717, 1.165) is 45.2 Å². The lowest BCUT2D eigenvalue weighted by Crippen LogP contribution is -2.15. The SMILES string of the molecule is COc1ccc(-n2c(SCC(=O)Nc3ccc(C)cc3C)nnc2-c2cccc(C)c2)cc1. The van der Waals surface area contributed by atoms with Gasteiger partial charge in [0, 0.05) is 16.9 Å². The summed E-state index contributed by atoms with van der Waals surface area (Å²) < 4.78 is 7.28. The highest BCUT2D eigenvalue weighted by Crippen LogP contribution is 2.29. The zero-order valence-electron chi connectivity index (χ0n) is 19.1. The van der Waals surface area contributed by atoms with Gasteiger partial charge in [-0.3, -0.25) is 9.36 Å². The highest BCUT2D eigenvalue weighted by molar-refractivity contribution is 7.99. The first-order valence-corrected chi connectivity index (χ1v) is 11.6. The Labute approximate surface area is 198 Å². The fraction of sp³-hybridized carbons (Fsp3) is 0.192. The number of nitrogens with one attached hydrogen (secondary N) is 1. The van der Waals surface area contributed by atoms with Crippen molar-refractivity contribution in [2.75, 3.05) is 18.2 Å². The molecular weight excluding hydrogens is 432 g/mol. The van der Waals surface area contributed by atoms with Gasteiger partial charge in [-0.25, -0.2) is 0 Å². The van der Waals surface area contributed by atoms with Gasteiger partial charge in [0.1, 0.15) is 5.75 Å². The third kappa shape index (κ3) is 5.26. The van der Waals surface area contributed by atoms with Gasteiger partial charge in [0.05, 0.1) is 12.9 Å². The quantitative estimate of drug-likeness (QED) is 0.365. The van der Waals surface area contributed by atoms with Crippen LogP contribution < -0.4 is 10.1 Å². The number of amides is 1. The van der Waals surface area contributed by atoms with Crippen molar-refractivity contribution in [3.05, 3.63) is 83.4 Å². The molecule has 168 valence electrons. The Kier molecular flexibility index (Phi) is 6.79. The lowest BCUT2D eigenvalue weighted by molar-refractivity contribution is -0.113. The number of rotatable bonds is 7. The van der Waals surface area contributed by atoms with E-state index in [1.165, 1.54) is 11.8 Å². The van der Waals surface area contributed by atoms with Crippen LogP contribution in [0.1, 0.15) is 16.7 Å². The summed E-state index contributed by atoms with van der Waals surface area (Å²) in [6, 6.07) is 21.8. The molecule has 0 fully saturated rings. The molecule has 0 saturated carbocycles. The predicted octanol–water partition coefficient (Wildman–Crippen LogP) is 5.60. The molecule has 0 unspecified atom stereocenters. The van der Waals surface area contributed by atoms with Crippen molar-refractivity contribution in [1.82, 2.24) is 14.8 Å². The van der Waals surface area contributed by atoms with Crippen molar-refractivity contribution >= 4 is 23.4 Å². The van der Waals surface area contributed by atoms with Gasteiger partial charge >= 0.3 is 0 Å². The molecule has 0 aliphatic heterocycles. The summed E-state index contributed by atoms with van der Waals surface area (Å²) in [7, 11) is 1.64. The second-order valence-electron chi connectivity index (χ2n) is 7.86. The van der Waals surface area contributed by atoms with Gasteiger partial charge in [0.15, 0.2) is 11.0 Å². The highest BCUT2D eigenvalue weighted by atomic mass is 32.2. The predicted molar refractivity (Wildman–Crippen MR) is 133 cm³/mol. The minimum absolute atomic E-state index is 0.0895. The number of aromatic nitrogens is 3. The minimum atomic E-state index is -0.0895. The fourth-order valence-corrected chi connectivity index (χ4v) is 4.32. The Morgan fingerprint density at radius 1 is 0.970 bits per heavy atom. The Morgan fingerprint density at radius 3 is 2.42 bits per heavy atom. The number of nitrogens with zero attached hydrogens (tertiary/aromatic N) is 3. The first kappa shape index (κ1) is 22.6. The number of carbonyl (C=O) groups is 1. The van der Waals surface area contributed by atoms with Gasteiger partial charge in [-0.1, -0.05) is 53.2 Å². The highest BCUT2D eigenvalue weighted by Gasteiger charge is 2.18. The molecule has 0 atom stereocenters. The van der Waals surface area contributed by atoms with Gasteiger partial charge < -0.3 is 10.1 Å². The molecule has 4 aromatic rings. The molecular formula is C26H26N4O2S. The second-order valence-corrected chi connectivity index (χ2v) is 8.81. The van der Waals surface area contributed by atoms with Crippen molar-refractivity contribution < 1.29 is 9.53 Å². The molecule has 1 N–H and O–H groups in total. The first-order valence-electron chi connectivity index (χ1n) is 10.6. The summed E-state index contributed by atoms with van der Waals surface area (Å²) in [5.74, 6) is 1.62. The normalized spacial score (nSPS) is 10.8. The van der Waals surface area contributed by atoms with Crippen LogP contribution >= 0.6 is 11.8 Å². The zero-order valence-corrected chi connectivity index (χ0v) is 19.9. The Bertz CT molecular complexity index is 1280.